The lowest BCUT2D eigenvalue weighted by atomic mass is 9.77. The van der Waals surface area contributed by atoms with Crippen molar-refractivity contribution in [1.82, 2.24) is 0 Å². The molecule has 0 spiro atoms. The molecule has 2 rings (SSSR count). The lowest BCUT2D eigenvalue weighted by Crippen LogP contribution is -2.17. The Morgan fingerprint density at radius 2 is 2.20 bits per heavy atom. The molecule has 0 amide bonds. The Hall–Kier alpha value is -0.0400. The van der Waals surface area contributed by atoms with Crippen LogP contribution in [-0.2, 0) is 0 Å². The molecular formula is C14H21Br. The predicted molar refractivity (Wildman–Crippen MR) is 70.0 cm³/mol. The number of fused-ring (bicyclic) bond motifs is 1. The third kappa shape index (κ3) is 2.22. The van der Waals surface area contributed by atoms with E-state index < -0.39 is 36.3 Å². The minimum Gasteiger partial charge on any atom is -0.0654 e. The predicted octanol–water partition coefficient (Wildman–Crippen LogP) is 5.06. The van der Waals surface area contributed by atoms with Crippen LogP contribution in [0.5, 0.6) is 0 Å². The molecule has 1 fully saturated rings. The van der Waals surface area contributed by atoms with Crippen molar-refractivity contribution in [3.63, 3.8) is 0 Å². The molecule has 1 heteroatoms. The van der Waals surface area contributed by atoms with Crippen LogP contribution in [0.3, 0.4) is 0 Å². The lowest BCUT2D eigenvalue weighted by Gasteiger charge is -2.30. The molecule has 15 heavy (non-hydrogen) atoms. The summed E-state index contributed by atoms with van der Waals surface area (Å²) in [5.41, 5.74) is -0.0310. The summed E-state index contributed by atoms with van der Waals surface area (Å²) in [6.45, 7) is 6.82. The van der Waals surface area contributed by atoms with Crippen LogP contribution in [0.4, 0.5) is 0 Å². The first-order chi connectivity index (χ1) is 9.54. The molecule has 3 atom stereocenters. The number of halogens is 1. The van der Waals surface area contributed by atoms with Crippen LogP contribution in [0, 0.1) is 17.2 Å². The molecule has 2 aliphatic carbocycles. The summed E-state index contributed by atoms with van der Waals surface area (Å²) >= 11 is 3.37. The van der Waals surface area contributed by atoms with Gasteiger partial charge in [0.15, 0.2) is 0 Å². The molecule has 0 aromatic rings. The molecule has 0 aliphatic heterocycles. The van der Waals surface area contributed by atoms with Gasteiger partial charge in [-0.15, -0.1) is 0 Å². The van der Waals surface area contributed by atoms with Crippen LogP contribution in [-0.4, -0.2) is 0 Å². The van der Waals surface area contributed by atoms with Gasteiger partial charge in [-0.2, -0.15) is 0 Å². The first-order valence-electron chi connectivity index (χ1n) is 8.67. The number of allylic oxidation sites excluding steroid dienone is 4. The van der Waals surface area contributed by atoms with Crippen molar-refractivity contribution in [3.8, 4) is 0 Å². The number of hydrogen-bond donors (Lipinski definition) is 0. The quantitative estimate of drug-likeness (QED) is 0.580. The maximum Gasteiger partial charge on any atom is 0.0352 e. The van der Waals surface area contributed by atoms with Crippen LogP contribution in [0.25, 0.3) is 0 Å². The third-order valence-electron chi connectivity index (χ3n) is 2.56. The van der Waals surface area contributed by atoms with Crippen LogP contribution >= 0.6 is 15.9 Å². The molecule has 84 valence electrons. The molecule has 3 unspecified atom stereocenters. The Bertz CT molecular complexity index is 582. The maximum absolute atomic E-state index is 8.71. The molecule has 0 N–H and O–H groups in total. The third-order valence-corrected chi connectivity index (χ3v) is 3.22. The van der Waals surface area contributed by atoms with Gasteiger partial charge in [0.05, 0.1) is 0 Å². The Labute approximate surface area is 112 Å². The summed E-state index contributed by atoms with van der Waals surface area (Å²) in [4.78, 5) is 0. The monoisotopic (exact) mass is 275 g/mol. The molecule has 0 bridgehead atoms. The van der Waals surface area contributed by atoms with Crippen LogP contribution in [0.1, 0.15) is 56.4 Å². The van der Waals surface area contributed by atoms with Gasteiger partial charge in [0.2, 0.25) is 0 Å². The summed E-state index contributed by atoms with van der Waals surface area (Å²) in [5.74, 6) is -4.26. The highest BCUT2D eigenvalue weighted by Crippen LogP contribution is 2.48. The van der Waals surface area contributed by atoms with Gasteiger partial charge in [-0.25, -0.2) is 0 Å². The fourth-order valence-corrected chi connectivity index (χ4v) is 2.73. The van der Waals surface area contributed by atoms with E-state index in [9.17, 15) is 0 Å². The van der Waals surface area contributed by atoms with Gasteiger partial charge in [0.25, 0.3) is 0 Å². The normalized spacial score (nSPS) is 59.9. The molecule has 0 aromatic heterocycles. The fourth-order valence-electron chi connectivity index (χ4n) is 1.79. The summed E-state index contributed by atoms with van der Waals surface area (Å²) in [5, 5.41) is 0. The lowest BCUT2D eigenvalue weighted by molar-refractivity contribution is 0.436. The van der Waals surface area contributed by atoms with Gasteiger partial charge in [0, 0.05) is 14.1 Å². The van der Waals surface area contributed by atoms with E-state index in [0.29, 0.717) is 10.1 Å². The highest BCUT2D eigenvalue weighted by molar-refractivity contribution is 9.11. The zero-order valence-electron chi connectivity index (χ0n) is 16.5. The molecule has 0 heterocycles. The molecule has 2 aliphatic rings. The van der Waals surface area contributed by atoms with Crippen LogP contribution in [0.2, 0.25) is 0 Å². The second-order valence-electron chi connectivity index (χ2n) is 5.00. The first-order valence-corrected chi connectivity index (χ1v) is 5.89. The molecular weight excluding hydrogens is 248 g/mol. The van der Waals surface area contributed by atoms with Gasteiger partial charge in [-0.1, -0.05) is 54.8 Å². The Morgan fingerprint density at radius 1 is 1.53 bits per heavy atom. The Kier molecular flexibility index (Phi) is 1.39. The van der Waals surface area contributed by atoms with E-state index in [0.717, 1.165) is 0 Å². The average Bonchev–Trinajstić information content (AvgIpc) is 2.37. The van der Waals surface area contributed by atoms with Gasteiger partial charge >= 0.3 is 0 Å². The summed E-state index contributed by atoms with van der Waals surface area (Å²) in [6.07, 6.45) is -4.67. The maximum atomic E-state index is 8.71. The van der Waals surface area contributed by atoms with Gasteiger partial charge in [-0.05, 0) is 42.4 Å². The zero-order valence-corrected chi connectivity index (χ0v) is 11.1. The average molecular weight is 276 g/mol. The van der Waals surface area contributed by atoms with Crippen molar-refractivity contribution in [3.05, 3.63) is 21.7 Å². The van der Waals surface area contributed by atoms with Crippen molar-refractivity contribution in [1.29, 1.82) is 0 Å². The van der Waals surface area contributed by atoms with Crippen LogP contribution < -0.4 is 0 Å². The van der Waals surface area contributed by atoms with E-state index in [2.05, 4.69) is 15.9 Å². The van der Waals surface area contributed by atoms with Gasteiger partial charge in [-0.3, -0.25) is 0 Å². The second kappa shape index (κ2) is 3.76. The van der Waals surface area contributed by atoms with Crippen molar-refractivity contribution in [2.75, 3.05) is 0 Å². The first kappa shape index (κ1) is 5.53. The summed E-state index contributed by atoms with van der Waals surface area (Å²) in [6, 6.07) is 0. The molecule has 0 nitrogen and oxygen atoms in total. The van der Waals surface area contributed by atoms with Crippen molar-refractivity contribution in [2.24, 2.45) is 17.2 Å². The largest absolute Gasteiger partial charge is 0.0654 e. The van der Waals surface area contributed by atoms with Crippen molar-refractivity contribution >= 4 is 15.9 Å². The smallest absolute Gasteiger partial charge is 0.0352 e. The van der Waals surface area contributed by atoms with Gasteiger partial charge in [0.1, 0.15) is 0 Å². The molecule has 0 radical (unpaired) electrons. The fraction of sp³-hybridized carbons (Fsp3) is 0.714. The van der Waals surface area contributed by atoms with E-state index in [1.165, 1.54) is 13.0 Å². The standard InChI is InChI=1S/C14H21Br/c1-9-5-10-7-12(14(2,3)4)13(15)8-11(10)6-9/h8-10H,5-7H2,1-4H3/i5D2,6D2,7D,9D,10D. The summed E-state index contributed by atoms with van der Waals surface area (Å²) < 4.78 is 59.1. The summed E-state index contributed by atoms with van der Waals surface area (Å²) in [7, 11) is 0. The highest BCUT2D eigenvalue weighted by atomic mass is 79.9. The van der Waals surface area contributed by atoms with E-state index in [4.69, 9.17) is 9.60 Å². The second-order valence-corrected chi connectivity index (χ2v) is 5.86. The van der Waals surface area contributed by atoms with Crippen molar-refractivity contribution in [2.45, 2.75) is 46.8 Å². The Morgan fingerprint density at radius 3 is 2.80 bits per heavy atom. The number of hydrogen-bond acceptors (Lipinski definition) is 0. The van der Waals surface area contributed by atoms with Gasteiger partial charge < -0.3 is 0 Å². The minimum absolute atomic E-state index is 0.123. The molecule has 0 aromatic carbocycles. The van der Waals surface area contributed by atoms with E-state index in [-0.39, 0.29) is 5.57 Å². The van der Waals surface area contributed by atoms with E-state index >= 15 is 0 Å². The molecule has 1 saturated carbocycles. The SMILES string of the molecule is [2H]C1C(C(C)(C)C)=C(Br)C=C2C([2H])([2H])C([2H])(C)C([2H])([2H])C21[2H]. The Balaban J connectivity index is 2.84. The minimum atomic E-state index is -2.49. The highest BCUT2D eigenvalue weighted by Gasteiger charge is 2.33. The topological polar surface area (TPSA) is 0 Å². The van der Waals surface area contributed by atoms with Crippen LogP contribution in [0.15, 0.2) is 21.7 Å². The van der Waals surface area contributed by atoms with E-state index in [1.807, 2.05) is 20.8 Å². The van der Waals surface area contributed by atoms with E-state index in [1.54, 1.807) is 0 Å². The number of rotatable bonds is 0. The zero-order chi connectivity index (χ0) is 17.5. The molecule has 0 saturated heterocycles. The van der Waals surface area contributed by atoms with Crippen molar-refractivity contribution < 1.29 is 9.60 Å².